The van der Waals surface area contributed by atoms with E-state index in [1.807, 2.05) is 13.8 Å². The number of sulfone groups is 1. The summed E-state index contributed by atoms with van der Waals surface area (Å²) in [5.74, 6) is -0.0643. The van der Waals surface area contributed by atoms with Crippen molar-refractivity contribution in [2.75, 3.05) is 5.75 Å². The van der Waals surface area contributed by atoms with E-state index in [0.29, 0.717) is 0 Å². The lowest BCUT2D eigenvalue weighted by atomic mass is 10.2. The van der Waals surface area contributed by atoms with Crippen LogP contribution in [-0.4, -0.2) is 38.2 Å². The van der Waals surface area contributed by atoms with Crippen molar-refractivity contribution in [1.29, 1.82) is 0 Å². The first-order valence-corrected chi connectivity index (χ1v) is 7.53. The van der Waals surface area contributed by atoms with Gasteiger partial charge in [0.1, 0.15) is 0 Å². The van der Waals surface area contributed by atoms with E-state index < -0.39 is 15.9 Å². The summed E-state index contributed by atoms with van der Waals surface area (Å²) < 4.78 is 22.4. The van der Waals surface area contributed by atoms with Crippen molar-refractivity contribution in [2.45, 2.75) is 45.3 Å². The summed E-state index contributed by atoms with van der Waals surface area (Å²) in [5, 5.41) is 7.03. The number of hydrogen-bond donors (Lipinski definition) is 2. The highest BCUT2D eigenvalue weighted by molar-refractivity contribution is 7.94. The summed E-state index contributed by atoms with van der Waals surface area (Å²) in [7, 11) is -3.07. The number of carbonyl (C=O) groups is 1. The van der Waals surface area contributed by atoms with Gasteiger partial charge in [-0.15, -0.1) is 0 Å². The molecule has 0 saturated heterocycles. The van der Waals surface area contributed by atoms with Crippen LogP contribution in [0.1, 0.15) is 27.2 Å². The van der Waals surface area contributed by atoms with Gasteiger partial charge in [0.15, 0.2) is 9.84 Å². The van der Waals surface area contributed by atoms with Crippen LogP contribution in [0.25, 0.3) is 0 Å². The van der Waals surface area contributed by atoms with E-state index in [4.69, 9.17) is 0 Å². The number of amides is 1. The van der Waals surface area contributed by atoms with E-state index in [0.717, 1.165) is 6.42 Å². The fraction of sp³-hybridized carbons (Fsp3) is 0.727. The van der Waals surface area contributed by atoms with E-state index in [1.165, 1.54) is 5.41 Å². The molecule has 0 bridgehead atoms. The average Bonchev–Trinajstić information content (AvgIpc) is 2.57. The summed E-state index contributed by atoms with van der Waals surface area (Å²) in [6.45, 7) is 5.66. The Balaban J connectivity index is 2.42. The fourth-order valence-corrected chi connectivity index (χ4v) is 2.79. The molecule has 98 valence electrons. The van der Waals surface area contributed by atoms with E-state index in [2.05, 4.69) is 10.6 Å². The van der Waals surface area contributed by atoms with Gasteiger partial charge in [-0.1, -0.05) is 13.0 Å². The summed E-state index contributed by atoms with van der Waals surface area (Å²) in [4.78, 5) is 11.7. The minimum Gasteiger partial charge on any atom is -0.352 e. The van der Waals surface area contributed by atoms with E-state index >= 15 is 0 Å². The summed E-state index contributed by atoms with van der Waals surface area (Å²) in [5.41, 5.74) is 0. The molecule has 1 rings (SSSR count). The Hall–Kier alpha value is -0.880. The van der Waals surface area contributed by atoms with Gasteiger partial charge in [-0.05, 0) is 20.3 Å². The molecule has 1 aliphatic heterocycles. The first-order chi connectivity index (χ1) is 7.84. The number of hydrogen-bond acceptors (Lipinski definition) is 4. The molecule has 0 spiro atoms. The summed E-state index contributed by atoms with van der Waals surface area (Å²) >= 11 is 0. The van der Waals surface area contributed by atoms with Crippen molar-refractivity contribution >= 4 is 15.7 Å². The SMILES string of the molecule is CCC(C)NC(=O)C(C)NC1C=CS(=O)(=O)C1. The molecule has 0 aromatic carbocycles. The van der Waals surface area contributed by atoms with Gasteiger partial charge in [0.25, 0.3) is 0 Å². The van der Waals surface area contributed by atoms with Crippen molar-refractivity contribution in [3.05, 3.63) is 11.5 Å². The monoisotopic (exact) mass is 260 g/mol. The van der Waals surface area contributed by atoms with Gasteiger partial charge in [0, 0.05) is 17.5 Å². The molecule has 2 N–H and O–H groups in total. The molecule has 3 atom stereocenters. The first kappa shape index (κ1) is 14.2. The second-order valence-electron chi connectivity index (χ2n) is 4.47. The zero-order valence-corrected chi connectivity index (χ0v) is 11.3. The zero-order valence-electron chi connectivity index (χ0n) is 10.4. The predicted octanol–water partition coefficient (Wildman–Crippen LogP) is 0.190. The molecule has 0 saturated carbocycles. The second-order valence-corrected chi connectivity index (χ2v) is 6.40. The highest BCUT2D eigenvalue weighted by Crippen LogP contribution is 2.08. The zero-order chi connectivity index (χ0) is 13.1. The van der Waals surface area contributed by atoms with Gasteiger partial charge in [-0.2, -0.15) is 0 Å². The third-order valence-corrected chi connectivity index (χ3v) is 4.18. The van der Waals surface area contributed by atoms with Crippen LogP contribution in [0.15, 0.2) is 11.5 Å². The van der Waals surface area contributed by atoms with Gasteiger partial charge in [0.05, 0.1) is 11.8 Å². The Morgan fingerprint density at radius 2 is 2.12 bits per heavy atom. The van der Waals surface area contributed by atoms with Crippen LogP contribution < -0.4 is 10.6 Å². The molecule has 0 fully saturated rings. The highest BCUT2D eigenvalue weighted by atomic mass is 32.2. The minimum atomic E-state index is -3.07. The van der Waals surface area contributed by atoms with E-state index in [-0.39, 0.29) is 23.7 Å². The molecule has 0 aromatic heterocycles. The van der Waals surface area contributed by atoms with Crippen molar-refractivity contribution in [1.82, 2.24) is 10.6 Å². The topological polar surface area (TPSA) is 75.3 Å². The highest BCUT2D eigenvalue weighted by Gasteiger charge is 2.25. The third-order valence-electron chi connectivity index (χ3n) is 2.79. The molecule has 0 radical (unpaired) electrons. The lowest BCUT2D eigenvalue weighted by Gasteiger charge is -2.19. The van der Waals surface area contributed by atoms with Gasteiger partial charge < -0.3 is 5.32 Å². The molecule has 1 amide bonds. The van der Waals surface area contributed by atoms with Crippen LogP contribution in [0, 0.1) is 0 Å². The Labute approximate surface area is 103 Å². The van der Waals surface area contributed by atoms with Crippen LogP contribution in [-0.2, 0) is 14.6 Å². The Bertz CT molecular complexity index is 403. The lowest BCUT2D eigenvalue weighted by molar-refractivity contribution is -0.123. The van der Waals surface area contributed by atoms with Gasteiger partial charge in [0.2, 0.25) is 5.91 Å². The van der Waals surface area contributed by atoms with Gasteiger partial charge >= 0.3 is 0 Å². The molecule has 3 unspecified atom stereocenters. The molecule has 6 heteroatoms. The first-order valence-electron chi connectivity index (χ1n) is 5.81. The van der Waals surface area contributed by atoms with Crippen LogP contribution in [0.3, 0.4) is 0 Å². The van der Waals surface area contributed by atoms with Crippen molar-refractivity contribution in [2.24, 2.45) is 0 Å². The lowest BCUT2D eigenvalue weighted by Crippen LogP contribution is -2.48. The molecule has 0 aliphatic carbocycles. The Morgan fingerprint density at radius 3 is 2.59 bits per heavy atom. The normalized spacial score (nSPS) is 25.5. The van der Waals surface area contributed by atoms with E-state index in [9.17, 15) is 13.2 Å². The maximum atomic E-state index is 11.7. The molecule has 5 nitrogen and oxygen atoms in total. The van der Waals surface area contributed by atoms with Crippen LogP contribution in [0.2, 0.25) is 0 Å². The maximum absolute atomic E-state index is 11.7. The van der Waals surface area contributed by atoms with E-state index in [1.54, 1.807) is 13.0 Å². The number of carbonyl (C=O) groups excluding carboxylic acids is 1. The Morgan fingerprint density at radius 1 is 1.47 bits per heavy atom. The van der Waals surface area contributed by atoms with Crippen molar-refractivity contribution in [3.63, 3.8) is 0 Å². The summed E-state index contributed by atoms with van der Waals surface area (Å²) in [6.07, 6.45) is 2.46. The molecule has 1 aliphatic rings. The smallest absolute Gasteiger partial charge is 0.237 e. The second kappa shape index (κ2) is 5.64. The maximum Gasteiger partial charge on any atom is 0.237 e. The Kier molecular flexibility index (Phi) is 4.70. The molecule has 1 heterocycles. The van der Waals surface area contributed by atoms with Crippen molar-refractivity contribution in [3.8, 4) is 0 Å². The van der Waals surface area contributed by atoms with Crippen LogP contribution in [0.4, 0.5) is 0 Å². The average molecular weight is 260 g/mol. The molecular formula is C11H20N2O3S. The van der Waals surface area contributed by atoms with Crippen molar-refractivity contribution < 1.29 is 13.2 Å². The fourth-order valence-electron chi connectivity index (χ4n) is 1.55. The largest absolute Gasteiger partial charge is 0.352 e. The van der Waals surface area contributed by atoms with Crippen LogP contribution >= 0.6 is 0 Å². The quantitative estimate of drug-likeness (QED) is 0.740. The predicted molar refractivity (Wildman–Crippen MR) is 67.2 cm³/mol. The molecule has 17 heavy (non-hydrogen) atoms. The minimum absolute atomic E-state index is 0.0357. The van der Waals surface area contributed by atoms with Crippen LogP contribution in [0.5, 0.6) is 0 Å². The number of nitrogens with one attached hydrogen (secondary N) is 2. The summed E-state index contributed by atoms with van der Waals surface area (Å²) in [6, 6.07) is -0.528. The molecule has 0 aromatic rings. The van der Waals surface area contributed by atoms with Gasteiger partial charge in [-0.3, -0.25) is 10.1 Å². The molecular weight excluding hydrogens is 240 g/mol. The third kappa shape index (κ3) is 4.47. The standard InChI is InChI=1S/C11H20N2O3S/c1-4-8(2)12-11(14)9(3)13-10-5-6-17(15,16)7-10/h5-6,8-10,13H,4,7H2,1-3H3,(H,12,14). The van der Waals surface area contributed by atoms with Gasteiger partial charge in [-0.25, -0.2) is 8.42 Å². The number of rotatable bonds is 5.